The van der Waals surface area contributed by atoms with E-state index in [-0.39, 0.29) is 22.8 Å². The van der Waals surface area contributed by atoms with Gasteiger partial charge in [0, 0.05) is 25.2 Å². The normalized spacial score (nSPS) is 10.8. The van der Waals surface area contributed by atoms with E-state index in [4.69, 9.17) is 9.15 Å². The fourth-order valence-corrected chi connectivity index (χ4v) is 2.47. The number of hydrogen-bond acceptors (Lipinski definition) is 5. The minimum Gasteiger partial charge on any atom is -0.491 e. The highest BCUT2D eigenvalue weighted by Crippen LogP contribution is 2.17. The number of nitrogens with one attached hydrogen (secondary N) is 2. The van der Waals surface area contributed by atoms with Crippen molar-refractivity contribution in [2.24, 2.45) is 0 Å². The van der Waals surface area contributed by atoms with Crippen molar-refractivity contribution in [2.75, 3.05) is 13.7 Å². The monoisotopic (exact) mass is 341 g/mol. The van der Waals surface area contributed by atoms with E-state index in [1.807, 2.05) is 25.1 Å². The number of oxazole rings is 1. The van der Waals surface area contributed by atoms with Crippen LogP contribution in [-0.2, 0) is 6.42 Å². The molecule has 0 unspecified atom stereocenters. The van der Waals surface area contributed by atoms with Crippen LogP contribution < -0.4 is 15.5 Å². The summed E-state index contributed by atoms with van der Waals surface area (Å²) in [5.41, 5.74) is 2.59. The SMILES string of the molecule is COc1c[nH]c(C(=O)NCCCc2nc3ccc(C)cc3o2)cc1=O. The van der Waals surface area contributed by atoms with E-state index in [2.05, 4.69) is 15.3 Å². The van der Waals surface area contributed by atoms with Crippen LogP contribution in [-0.4, -0.2) is 29.5 Å². The lowest BCUT2D eigenvalue weighted by molar-refractivity contribution is 0.0948. The number of rotatable bonds is 6. The zero-order valence-corrected chi connectivity index (χ0v) is 14.1. The van der Waals surface area contributed by atoms with Crippen molar-refractivity contribution < 1.29 is 13.9 Å². The number of nitrogens with zero attached hydrogens (tertiary/aromatic N) is 1. The number of ether oxygens (including phenoxy) is 1. The van der Waals surface area contributed by atoms with Crippen molar-refractivity contribution in [3.05, 3.63) is 57.8 Å². The Balaban J connectivity index is 1.52. The number of amides is 1. The van der Waals surface area contributed by atoms with Crippen LogP contribution >= 0.6 is 0 Å². The van der Waals surface area contributed by atoms with Crippen molar-refractivity contribution in [2.45, 2.75) is 19.8 Å². The standard InChI is InChI=1S/C18H19N3O4/c1-11-5-6-12-15(8-11)25-17(21-12)4-3-7-19-18(23)13-9-14(22)16(24-2)10-20-13/h5-6,8-10H,3-4,7H2,1-2H3,(H,19,23)(H,20,22). The summed E-state index contributed by atoms with van der Waals surface area (Å²) in [6.07, 6.45) is 2.67. The number of aryl methyl sites for hydroxylation is 2. The lowest BCUT2D eigenvalue weighted by Gasteiger charge is -2.05. The first-order chi connectivity index (χ1) is 12.1. The maximum absolute atomic E-state index is 12.0. The molecule has 3 aromatic rings. The highest BCUT2D eigenvalue weighted by atomic mass is 16.5. The molecule has 0 saturated carbocycles. The Morgan fingerprint density at radius 2 is 2.20 bits per heavy atom. The largest absolute Gasteiger partial charge is 0.491 e. The topological polar surface area (TPSA) is 97.2 Å². The summed E-state index contributed by atoms with van der Waals surface area (Å²) in [5.74, 6) is 0.475. The third-order valence-corrected chi connectivity index (χ3v) is 3.78. The molecule has 0 radical (unpaired) electrons. The minimum atomic E-state index is -0.340. The van der Waals surface area contributed by atoms with E-state index < -0.39 is 0 Å². The predicted molar refractivity (Wildman–Crippen MR) is 93.0 cm³/mol. The minimum absolute atomic E-state index is 0.169. The van der Waals surface area contributed by atoms with Crippen LogP contribution in [0.1, 0.15) is 28.4 Å². The fraction of sp³-hybridized carbons (Fsp3) is 0.278. The Bertz CT molecular complexity index is 958. The summed E-state index contributed by atoms with van der Waals surface area (Å²) >= 11 is 0. The lowest BCUT2D eigenvalue weighted by Crippen LogP contribution is -2.26. The molecule has 0 bridgehead atoms. The number of aromatic amines is 1. The molecule has 1 amide bonds. The van der Waals surface area contributed by atoms with E-state index >= 15 is 0 Å². The first-order valence-electron chi connectivity index (χ1n) is 7.98. The molecule has 7 nitrogen and oxygen atoms in total. The summed E-state index contributed by atoms with van der Waals surface area (Å²) in [7, 11) is 1.40. The van der Waals surface area contributed by atoms with Gasteiger partial charge in [-0.3, -0.25) is 9.59 Å². The highest BCUT2D eigenvalue weighted by Gasteiger charge is 2.09. The van der Waals surface area contributed by atoms with E-state index in [0.29, 0.717) is 25.3 Å². The lowest BCUT2D eigenvalue weighted by atomic mass is 10.2. The number of fused-ring (bicyclic) bond motifs is 1. The van der Waals surface area contributed by atoms with Gasteiger partial charge < -0.3 is 19.5 Å². The number of H-pyrrole nitrogens is 1. The van der Waals surface area contributed by atoms with Crippen LogP contribution in [0.4, 0.5) is 0 Å². The molecule has 3 rings (SSSR count). The van der Waals surface area contributed by atoms with Gasteiger partial charge in [-0.05, 0) is 31.0 Å². The first kappa shape index (κ1) is 16.8. The highest BCUT2D eigenvalue weighted by molar-refractivity contribution is 5.92. The molecule has 1 aromatic carbocycles. The van der Waals surface area contributed by atoms with Crippen LogP contribution in [0.5, 0.6) is 5.75 Å². The number of aromatic nitrogens is 2. The molecule has 2 heterocycles. The predicted octanol–water partition coefficient (Wildman–Crippen LogP) is 2.20. The summed E-state index contributed by atoms with van der Waals surface area (Å²) in [6.45, 7) is 2.45. The molecule has 7 heteroatoms. The van der Waals surface area contributed by atoms with Gasteiger partial charge in [-0.25, -0.2) is 4.98 Å². The van der Waals surface area contributed by atoms with E-state index in [1.165, 1.54) is 19.4 Å². The molecule has 2 aromatic heterocycles. The van der Waals surface area contributed by atoms with Gasteiger partial charge >= 0.3 is 0 Å². The van der Waals surface area contributed by atoms with E-state index in [1.54, 1.807) is 0 Å². The molecule has 0 atom stereocenters. The van der Waals surface area contributed by atoms with Gasteiger partial charge in [-0.1, -0.05) is 6.07 Å². The third kappa shape index (κ3) is 3.88. The summed E-state index contributed by atoms with van der Waals surface area (Å²) in [4.78, 5) is 30.8. The Morgan fingerprint density at radius 1 is 1.36 bits per heavy atom. The van der Waals surface area contributed by atoms with Crippen LogP contribution in [0, 0.1) is 6.92 Å². The van der Waals surface area contributed by atoms with Crippen LogP contribution in [0.2, 0.25) is 0 Å². The van der Waals surface area contributed by atoms with Gasteiger partial charge in [0.05, 0.1) is 7.11 Å². The Morgan fingerprint density at radius 3 is 2.96 bits per heavy atom. The number of carbonyl (C=O) groups excluding carboxylic acids is 1. The molecule has 0 spiro atoms. The number of methoxy groups -OCH3 is 1. The van der Waals surface area contributed by atoms with Gasteiger partial charge in [-0.15, -0.1) is 0 Å². The number of pyridine rings is 1. The maximum atomic E-state index is 12.0. The van der Waals surface area contributed by atoms with E-state index in [9.17, 15) is 9.59 Å². The van der Waals surface area contributed by atoms with Crippen LogP contribution in [0.15, 0.2) is 39.7 Å². The van der Waals surface area contributed by atoms with E-state index in [0.717, 1.165) is 16.7 Å². The van der Waals surface area contributed by atoms with Crippen LogP contribution in [0.25, 0.3) is 11.1 Å². The van der Waals surface area contributed by atoms with Crippen LogP contribution in [0.3, 0.4) is 0 Å². The van der Waals surface area contributed by atoms with Crippen molar-refractivity contribution in [1.29, 1.82) is 0 Å². The smallest absolute Gasteiger partial charge is 0.267 e. The molecule has 0 aliphatic carbocycles. The van der Waals surface area contributed by atoms with Crippen molar-refractivity contribution >= 4 is 17.0 Å². The van der Waals surface area contributed by atoms with Gasteiger partial charge in [0.2, 0.25) is 5.43 Å². The quantitative estimate of drug-likeness (QED) is 0.670. The third-order valence-electron chi connectivity index (χ3n) is 3.78. The molecule has 0 saturated heterocycles. The molecule has 130 valence electrons. The zero-order valence-electron chi connectivity index (χ0n) is 14.1. The number of hydrogen-bond donors (Lipinski definition) is 2. The average molecular weight is 341 g/mol. The molecule has 0 aliphatic heterocycles. The fourth-order valence-electron chi connectivity index (χ4n) is 2.47. The first-order valence-corrected chi connectivity index (χ1v) is 7.98. The van der Waals surface area contributed by atoms with Gasteiger partial charge in [-0.2, -0.15) is 0 Å². The van der Waals surface area contributed by atoms with Crippen molar-refractivity contribution in [3.8, 4) is 5.75 Å². The van der Waals surface area contributed by atoms with Crippen molar-refractivity contribution in [3.63, 3.8) is 0 Å². The Labute approximate surface area is 144 Å². The Hall–Kier alpha value is -3.09. The molecule has 0 aliphatic rings. The molecule has 0 fully saturated rings. The summed E-state index contributed by atoms with van der Waals surface area (Å²) < 4.78 is 10.6. The van der Waals surface area contributed by atoms with Gasteiger partial charge in [0.15, 0.2) is 17.2 Å². The molecular formula is C18H19N3O4. The molecule has 2 N–H and O–H groups in total. The zero-order chi connectivity index (χ0) is 17.8. The second-order valence-electron chi connectivity index (χ2n) is 5.72. The van der Waals surface area contributed by atoms with Gasteiger partial charge in [0.25, 0.3) is 5.91 Å². The van der Waals surface area contributed by atoms with Gasteiger partial charge in [0.1, 0.15) is 11.2 Å². The number of carbonyl (C=O) groups is 1. The molecule has 25 heavy (non-hydrogen) atoms. The summed E-state index contributed by atoms with van der Waals surface area (Å²) in [6, 6.07) is 7.09. The second kappa shape index (κ2) is 7.21. The molecular weight excluding hydrogens is 322 g/mol. The maximum Gasteiger partial charge on any atom is 0.267 e. The van der Waals surface area contributed by atoms with Crippen molar-refractivity contribution in [1.82, 2.24) is 15.3 Å². The summed E-state index contributed by atoms with van der Waals surface area (Å²) in [5, 5.41) is 2.76. The average Bonchev–Trinajstić information content (AvgIpc) is 3.00. The second-order valence-corrected chi connectivity index (χ2v) is 5.72. The Kier molecular flexibility index (Phi) is 4.83. The number of benzene rings is 1.